The van der Waals surface area contributed by atoms with E-state index in [2.05, 4.69) is 20.6 Å². The number of imidazole rings is 1. The summed E-state index contributed by atoms with van der Waals surface area (Å²) < 4.78 is 5.06. The first-order valence-electron chi connectivity index (χ1n) is 8.84. The summed E-state index contributed by atoms with van der Waals surface area (Å²) in [5, 5.41) is 14.7. The van der Waals surface area contributed by atoms with Crippen LogP contribution in [0.1, 0.15) is 18.2 Å². The molecule has 1 aromatic heterocycles. The van der Waals surface area contributed by atoms with Crippen molar-refractivity contribution in [3.8, 4) is 0 Å². The minimum atomic E-state index is -1.34. The first-order valence-corrected chi connectivity index (χ1v) is 8.84. The molecule has 3 atom stereocenters. The number of aliphatic hydroxyl groups excluding tert-OH is 1. The van der Waals surface area contributed by atoms with E-state index in [0.29, 0.717) is 5.69 Å². The Morgan fingerprint density at radius 1 is 1.21 bits per heavy atom. The molecule has 0 aliphatic heterocycles. The number of nitrogens with zero attached hydrogens (tertiary/aromatic N) is 1. The van der Waals surface area contributed by atoms with Gasteiger partial charge in [0.05, 0.1) is 12.4 Å². The largest absolute Gasteiger partial charge is 0.445 e. The number of aromatic amines is 1. The molecule has 156 valence electrons. The maximum Gasteiger partial charge on any atom is 0.408 e. The lowest BCUT2D eigenvalue weighted by molar-refractivity contribution is -0.131. The summed E-state index contributed by atoms with van der Waals surface area (Å²) in [4.78, 5) is 43.2. The fourth-order valence-corrected chi connectivity index (χ4v) is 2.48. The molecule has 0 spiro atoms. The van der Waals surface area contributed by atoms with Crippen LogP contribution in [0.15, 0.2) is 42.9 Å². The highest BCUT2D eigenvalue weighted by molar-refractivity contribution is 5.91. The zero-order valence-corrected chi connectivity index (χ0v) is 15.8. The standard InChI is InChI=1S/C18H24N6O5/c1-11(25)15(23-18(28)29-9-12-5-3-2-4-6-12)17(27)22-14(16(26)24-19)7-13-8-20-10-21-13/h2-6,8,10-11,14-15,25H,7,9,19H2,1H3,(H,20,21)(H,22,27)(H,23,28)(H,24,26)/t11-,14+,15+/m1/s1. The summed E-state index contributed by atoms with van der Waals surface area (Å²) in [7, 11) is 0. The highest BCUT2D eigenvalue weighted by Gasteiger charge is 2.30. The molecule has 0 aliphatic carbocycles. The SMILES string of the molecule is C[C@@H](O)[C@H](NC(=O)OCc1ccccc1)C(=O)N[C@@H](Cc1cnc[nH]1)C(=O)NN. The summed E-state index contributed by atoms with van der Waals surface area (Å²) in [6, 6.07) is 6.59. The van der Waals surface area contributed by atoms with Crippen molar-refractivity contribution < 1.29 is 24.2 Å². The van der Waals surface area contributed by atoms with Gasteiger partial charge in [-0.15, -0.1) is 0 Å². The Labute approximate surface area is 167 Å². The van der Waals surface area contributed by atoms with E-state index in [4.69, 9.17) is 10.6 Å². The fourth-order valence-electron chi connectivity index (χ4n) is 2.48. The van der Waals surface area contributed by atoms with E-state index >= 15 is 0 Å². The molecule has 11 heteroatoms. The molecule has 11 nitrogen and oxygen atoms in total. The molecule has 2 aromatic rings. The Morgan fingerprint density at radius 2 is 1.93 bits per heavy atom. The van der Waals surface area contributed by atoms with Crippen LogP contribution in [0.4, 0.5) is 4.79 Å². The second-order valence-electron chi connectivity index (χ2n) is 6.28. The van der Waals surface area contributed by atoms with Crippen LogP contribution in [0.3, 0.4) is 0 Å². The molecule has 0 radical (unpaired) electrons. The van der Waals surface area contributed by atoms with E-state index in [1.807, 2.05) is 11.5 Å². The van der Waals surface area contributed by atoms with Gasteiger partial charge in [0.25, 0.3) is 5.91 Å². The van der Waals surface area contributed by atoms with Crippen molar-refractivity contribution in [1.82, 2.24) is 26.0 Å². The highest BCUT2D eigenvalue weighted by atomic mass is 16.5. The van der Waals surface area contributed by atoms with Gasteiger partial charge in [0.2, 0.25) is 5.91 Å². The summed E-state index contributed by atoms with van der Waals surface area (Å²) in [6.45, 7) is 1.33. The van der Waals surface area contributed by atoms with Crippen molar-refractivity contribution in [2.24, 2.45) is 5.84 Å². The summed E-state index contributed by atoms with van der Waals surface area (Å²) in [6.07, 6.45) is 0.877. The van der Waals surface area contributed by atoms with Crippen LogP contribution in [-0.4, -0.2) is 51.2 Å². The lowest BCUT2D eigenvalue weighted by atomic mass is 10.1. The number of nitrogens with two attached hydrogens (primary N) is 1. The zero-order valence-electron chi connectivity index (χ0n) is 15.8. The van der Waals surface area contributed by atoms with Gasteiger partial charge in [-0.2, -0.15) is 0 Å². The number of ether oxygens (including phenoxy) is 1. The number of carbonyl (C=O) groups is 3. The zero-order chi connectivity index (χ0) is 21.2. The van der Waals surface area contributed by atoms with E-state index in [-0.39, 0.29) is 13.0 Å². The molecular formula is C18H24N6O5. The van der Waals surface area contributed by atoms with Crippen LogP contribution in [0.5, 0.6) is 0 Å². The van der Waals surface area contributed by atoms with Gasteiger partial charge in [0.1, 0.15) is 18.7 Å². The topological polar surface area (TPSA) is 171 Å². The predicted octanol–water partition coefficient (Wildman–Crippen LogP) is -0.897. The minimum absolute atomic E-state index is 0.00114. The Bertz CT molecular complexity index is 796. The number of hydrogen-bond acceptors (Lipinski definition) is 7. The lowest BCUT2D eigenvalue weighted by Gasteiger charge is -2.23. The monoisotopic (exact) mass is 404 g/mol. The van der Waals surface area contributed by atoms with E-state index in [9.17, 15) is 19.5 Å². The van der Waals surface area contributed by atoms with Gasteiger partial charge in [-0.25, -0.2) is 15.6 Å². The fraction of sp³-hybridized carbons (Fsp3) is 0.333. The maximum absolute atomic E-state index is 12.6. The third-order valence-electron chi connectivity index (χ3n) is 4.01. The second-order valence-corrected chi connectivity index (χ2v) is 6.28. The normalized spacial score (nSPS) is 13.6. The van der Waals surface area contributed by atoms with E-state index in [0.717, 1.165) is 5.56 Å². The van der Waals surface area contributed by atoms with Crippen molar-refractivity contribution in [1.29, 1.82) is 0 Å². The van der Waals surface area contributed by atoms with Gasteiger partial charge >= 0.3 is 6.09 Å². The first-order chi connectivity index (χ1) is 13.9. The molecule has 3 amide bonds. The molecule has 29 heavy (non-hydrogen) atoms. The number of H-pyrrole nitrogens is 1. The van der Waals surface area contributed by atoms with Crippen LogP contribution in [0, 0.1) is 0 Å². The first kappa shape index (κ1) is 21.9. The number of alkyl carbamates (subject to hydrolysis) is 1. The molecule has 0 fully saturated rings. The molecule has 1 heterocycles. The summed E-state index contributed by atoms with van der Waals surface area (Å²) >= 11 is 0. The minimum Gasteiger partial charge on any atom is -0.445 e. The van der Waals surface area contributed by atoms with Gasteiger partial charge in [0, 0.05) is 18.3 Å². The number of carbonyl (C=O) groups excluding carboxylic acids is 3. The molecule has 0 saturated carbocycles. The van der Waals surface area contributed by atoms with Crippen molar-refractivity contribution in [3.63, 3.8) is 0 Å². The Morgan fingerprint density at radius 3 is 2.52 bits per heavy atom. The van der Waals surface area contributed by atoms with Crippen LogP contribution in [0.25, 0.3) is 0 Å². The van der Waals surface area contributed by atoms with Crippen molar-refractivity contribution >= 4 is 17.9 Å². The predicted molar refractivity (Wildman–Crippen MR) is 102 cm³/mol. The molecule has 0 saturated heterocycles. The van der Waals surface area contributed by atoms with Gasteiger partial charge < -0.3 is 25.5 Å². The van der Waals surface area contributed by atoms with E-state index < -0.39 is 36.1 Å². The van der Waals surface area contributed by atoms with Crippen LogP contribution in [0.2, 0.25) is 0 Å². The Kier molecular flexibility index (Phi) is 8.12. The van der Waals surface area contributed by atoms with E-state index in [1.165, 1.54) is 19.4 Å². The molecule has 0 unspecified atom stereocenters. The van der Waals surface area contributed by atoms with Crippen LogP contribution in [-0.2, 0) is 27.4 Å². The van der Waals surface area contributed by atoms with Crippen LogP contribution >= 0.6 is 0 Å². The number of nitrogens with one attached hydrogen (secondary N) is 4. The maximum atomic E-state index is 12.6. The summed E-state index contributed by atoms with van der Waals surface area (Å²) in [5.41, 5.74) is 3.32. The molecule has 0 aliphatic rings. The average Bonchev–Trinajstić information content (AvgIpc) is 3.23. The van der Waals surface area contributed by atoms with Crippen LogP contribution < -0.4 is 21.9 Å². The van der Waals surface area contributed by atoms with Gasteiger partial charge in [-0.05, 0) is 12.5 Å². The third-order valence-corrected chi connectivity index (χ3v) is 4.01. The van der Waals surface area contributed by atoms with Gasteiger partial charge in [-0.1, -0.05) is 30.3 Å². The number of benzene rings is 1. The molecule has 7 N–H and O–H groups in total. The van der Waals surface area contributed by atoms with Crippen molar-refractivity contribution in [2.45, 2.75) is 38.1 Å². The molecule has 0 bridgehead atoms. The number of amides is 3. The van der Waals surface area contributed by atoms with E-state index in [1.54, 1.807) is 24.3 Å². The summed E-state index contributed by atoms with van der Waals surface area (Å²) in [5.74, 6) is 3.75. The number of aliphatic hydroxyl groups is 1. The number of hydrazine groups is 1. The molecule has 2 rings (SSSR count). The Hall–Kier alpha value is -3.44. The highest BCUT2D eigenvalue weighted by Crippen LogP contribution is 2.03. The third kappa shape index (κ3) is 6.90. The van der Waals surface area contributed by atoms with Crippen molar-refractivity contribution in [3.05, 3.63) is 54.1 Å². The average molecular weight is 404 g/mol. The van der Waals surface area contributed by atoms with Crippen molar-refractivity contribution in [2.75, 3.05) is 0 Å². The molecule has 1 aromatic carbocycles. The lowest BCUT2D eigenvalue weighted by Crippen LogP contribution is -2.58. The van der Waals surface area contributed by atoms with Gasteiger partial charge in [-0.3, -0.25) is 15.0 Å². The Balaban J connectivity index is 1.97. The second kappa shape index (κ2) is 10.8. The quantitative estimate of drug-likeness (QED) is 0.179. The van der Waals surface area contributed by atoms with Gasteiger partial charge in [0.15, 0.2) is 0 Å². The number of rotatable bonds is 9. The molecular weight excluding hydrogens is 380 g/mol. The number of aromatic nitrogens is 2. The smallest absolute Gasteiger partial charge is 0.408 e. The number of hydrogen-bond donors (Lipinski definition) is 6.